The monoisotopic (exact) mass is 352 g/mol. The van der Waals surface area contributed by atoms with Crippen molar-refractivity contribution in [1.82, 2.24) is 9.80 Å². The van der Waals surface area contributed by atoms with Crippen LogP contribution in [0, 0.1) is 0 Å². The van der Waals surface area contributed by atoms with E-state index in [2.05, 4.69) is 11.8 Å². The molecule has 0 spiro atoms. The standard InChI is InChI=1S/C21H40N2O2/c1-3-4-5-6-7-8-9-10-11-12-13-14-15-16-21(24)25-20-23-18-17-22(2)19-23/h17-18H,3-16,19-20H2,1-2H3. The minimum atomic E-state index is -0.0639. The Labute approximate surface area is 155 Å². The maximum Gasteiger partial charge on any atom is 0.307 e. The van der Waals surface area contributed by atoms with E-state index in [1.54, 1.807) is 0 Å². The van der Waals surface area contributed by atoms with Crippen LogP contribution >= 0.6 is 0 Å². The van der Waals surface area contributed by atoms with Crippen molar-refractivity contribution in [2.24, 2.45) is 0 Å². The first kappa shape index (κ1) is 21.9. The normalized spacial score (nSPS) is 13.7. The molecule has 0 amide bonds. The van der Waals surface area contributed by atoms with E-state index >= 15 is 0 Å². The van der Waals surface area contributed by atoms with Crippen LogP contribution in [-0.4, -0.2) is 36.2 Å². The Kier molecular flexibility index (Phi) is 13.2. The van der Waals surface area contributed by atoms with Crippen molar-refractivity contribution < 1.29 is 9.53 Å². The van der Waals surface area contributed by atoms with Crippen molar-refractivity contribution in [2.75, 3.05) is 20.4 Å². The molecule has 0 N–H and O–H groups in total. The van der Waals surface area contributed by atoms with Gasteiger partial charge in [0.25, 0.3) is 0 Å². The van der Waals surface area contributed by atoms with E-state index in [0.29, 0.717) is 13.2 Å². The van der Waals surface area contributed by atoms with Crippen LogP contribution in [0.15, 0.2) is 12.4 Å². The van der Waals surface area contributed by atoms with Crippen molar-refractivity contribution in [3.63, 3.8) is 0 Å². The fourth-order valence-electron chi connectivity index (χ4n) is 3.19. The molecule has 0 atom stereocenters. The van der Waals surface area contributed by atoms with Gasteiger partial charge in [0.1, 0.15) is 0 Å². The molecule has 146 valence electrons. The Bertz CT molecular complexity index is 358. The van der Waals surface area contributed by atoms with Crippen LogP contribution in [0.3, 0.4) is 0 Å². The Morgan fingerprint density at radius 2 is 1.36 bits per heavy atom. The summed E-state index contributed by atoms with van der Waals surface area (Å²) >= 11 is 0. The molecule has 0 aliphatic carbocycles. The third-order valence-electron chi connectivity index (χ3n) is 4.81. The molecule has 0 bridgehead atoms. The summed E-state index contributed by atoms with van der Waals surface area (Å²) in [4.78, 5) is 15.7. The predicted molar refractivity (Wildman–Crippen MR) is 105 cm³/mol. The highest BCUT2D eigenvalue weighted by molar-refractivity contribution is 5.69. The summed E-state index contributed by atoms with van der Waals surface area (Å²) < 4.78 is 5.29. The quantitative estimate of drug-likeness (QED) is 0.266. The summed E-state index contributed by atoms with van der Waals surface area (Å²) in [5.41, 5.74) is 0. The lowest BCUT2D eigenvalue weighted by Gasteiger charge is -2.17. The molecular weight excluding hydrogens is 312 g/mol. The van der Waals surface area contributed by atoms with Crippen LogP contribution in [-0.2, 0) is 9.53 Å². The Hall–Kier alpha value is -1.19. The number of esters is 1. The van der Waals surface area contributed by atoms with E-state index in [1.165, 1.54) is 70.6 Å². The molecule has 0 aromatic rings. The zero-order chi connectivity index (χ0) is 18.2. The van der Waals surface area contributed by atoms with E-state index in [0.717, 1.165) is 19.5 Å². The van der Waals surface area contributed by atoms with Crippen molar-refractivity contribution in [1.29, 1.82) is 0 Å². The van der Waals surface area contributed by atoms with Gasteiger partial charge >= 0.3 is 5.97 Å². The van der Waals surface area contributed by atoms with Crippen molar-refractivity contribution in [3.05, 3.63) is 12.4 Å². The van der Waals surface area contributed by atoms with Gasteiger partial charge in [-0.25, -0.2) is 0 Å². The molecule has 4 nitrogen and oxygen atoms in total. The largest absolute Gasteiger partial charge is 0.444 e. The van der Waals surface area contributed by atoms with Gasteiger partial charge in [0, 0.05) is 25.9 Å². The molecule has 1 aliphatic rings. The van der Waals surface area contributed by atoms with E-state index in [-0.39, 0.29) is 5.97 Å². The van der Waals surface area contributed by atoms with Gasteiger partial charge in [-0.2, -0.15) is 0 Å². The molecule has 0 fully saturated rings. The van der Waals surface area contributed by atoms with Crippen LogP contribution in [0.2, 0.25) is 0 Å². The Morgan fingerprint density at radius 3 is 1.84 bits per heavy atom. The molecule has 0 aromatic heterocycles. The number of nitrogens with zero attached hydrogens (tertiary/aromatic N) is 2. The summed E-state index contributed by atoms with van der Waals surface area (Å²) in [5.74, 6) is -0.0639. The number of rotatable bonds is 16. The molecule has 4 heteroatoms. The molecule has 1 heterocycles. The van der Waals surface area contributed by atoms with Crippen molar-refractivity contribution in [3.8, 4) is 0 Å². The minimum absolute atomic E-state index is 0.0639. The van der Waals surface area contributed by atoms with Crippen LogP contribution in [0.4, 0.5) is 0 Å². The summed E-state index contributed by atoms with van der Waals surface area (Å²) in [5, 5.41) is 0. The number of hydrogen-bond donors (Lipinski definition) is 0. The van der Waals surface area contributed by atoms with Gasteiger partial charge in [0.2, 0.25) is 0 Å². The van der Waals surface area contributed by atoms with Gasteiger partial charge < -0.3 is 14.5 Å². The van der Waals surface area contributed by atoms with E-state index < -0.39 is 0 Å². The molecule has 25 heavy (non-hydrogen) atoms. The van der Waals surface area contributed by atoms with Gasteiger partial charge in [0.15, 0.2) is 6.73 Å². The van der Waals surface area contributed by atoms with Crippen LogP contribution in [0.25, 0.3) is 0 Å². The maximum absolute atomic E-state index is 11.7. The fraction of sp³-hybridized carbons (Fsp3) is 0.857. The third-order valence-corrected chi connectivity index (χ3v) is 4.81. The van der Waals surface area contributed by atoms with Gasteiger partial charge in [-0.15, -0.1) is 0 Å². The average molecular weight is 353 g/mol. The highest BCUT2D eigenvalue weighted by Gasteiger charge is 2.10. The zero-order valence-electron chi connectivity index (χ0n) is 16.7. The summed E-state index contributed by atoms with van der Waals surface area (Å²) in [6.45, 7) is 3.44. The summed E-state index contributed by atoms with van der Waals surface area (Å²) in [6, 6.07) is 0. The maximum atomic E-state index is 11.7. The lowest BCUT2D eigenvalue weighted by molar-refractivity contribution is -0.147. The second-order valence-corrected chi connectivity index (χ2v) is 7.42. The number of carbonyl (C=O) groups excluding carboxylic acids is 1. The fourth-order valence-corrected chi connectivity index (χ4v) is 3.19. The first-order valence-corrected chi connectivity index (χ1v) is 10.5. The average Bonchev–Trinajstić information content (AvgIpc) is 3.02. The van der Waals surface area contributed by atoms with Gasteiger partial charge in [-0.1, -0.05) is 84.0 Å². The molecule has 0 aromatic carbocycles. The van der Waals surface area contributed by atoms with Gasteiger partial charge in [-0.05, 0) is 6.42 Å². The lowest BCUT2D eigenvalue weighted by atomic mass is 10.0. The van der Waals surface area contributed by atoms with Gasteiger partial charge in [-0.3, -0.25) is 4.79 Å². The van der Waals surface area contributed by atoms with E-state index in [9.17, 15) is 4.79 Å². The Balaban J connectivity index is 1.76. The second-order valence-electron chi connectivity index (χ2n) is 7.42. The first-order chi connectivity index (χ1) is 12.2. The van der Waals surface area contributed by atoms with Crippen molar-refractivity contribution >= 4 is 5.97 Å². The topological polar surface area (TPSA) is 32.8 Å². The third kappa shape index (κ3) is 12.8. The molecule has 0 radical (unpaired) electrons. The first-order valence-electron chi connectivity index (χ1n) is 10.5. The highest BCUT2D eigenvalue weighted by atomic mass is 16.5. The van der Waals surface area contributed by atoms with Crippen LogP contribution in [0.5, 0.6) is 0 Å². The van der Waals surface area contributed by atoms with Gasteiger partial charge in [0.05, 0.1) is 6.67 Å². The zero-order valence-corrected chi connectivity index (χ0v) is 16.7. The van der Waals surface area contributed by atoms with Crippen LogP contribution in [0.1, 0.15) is 96.8 Å². The molecule has 0 saturated carbocycles. The SMILES string of the molecule is CCCCCCCCCCCCCCCC(=O)OCN1C=CN(C)C1. The second kappa shape index (κ2) is 15.1. The number of carbonyl (C=O) groups is 1. The number of unbranched alkanes of at least 4 members (excludes halogenated alkanes) is 12. The summed E-state index contributed by atoms with van der Waals surface area (Å²) in [7, 11) is 2.01. The number of hydrogen-bond acceptors (Lipinski definition) is 4. The van der Waals surface area contributed by atoms with Crippen molar-refractivity contribution in [2.45, 2.75) is 96.8 Å². The molecular formula is C21H40N2O2. The van der Waals surface area contributed by atoms with Crippen LogP contribution < -0.4 is 0 Å². The Morgan fingerprint density at radius 1 is 0.840 bits per heavy atom. The molecule has 0 unspecified atom stereocenters. The highest BCUT2D eigenvalue weighted by Crippen LogP contribution is 2.13. The summed E-state index contributed by atoms with van der Waals surface area (Å²) in [6.07, 6.45) is 21.8. The molecule has 1 aliphatic heterocycles. The smallest absolute Gasteiger partial charge is 0.307 e. The predicted octanol–water partition coefficient (Wildman–Crippen LogP) is 5.64. The number of ether oxygens (including phenoxy) is 1. The minimum Gasteiger partial charge on any atom is -0.444 e. The van der Waals surface area contributed by atoms with E-state index in [1.807, 2.05) is 24.3 Å². The lowest BCUT2D eigenvalue weighted by Crippen LogP contribution is -2.26. The van der Waals surface area contributed by atoms with E-state index in [4.69, 9.17) is 4.74 Å². The molecule has 0 saturated heterocycles. The molecule has 1 rings (SSSR count).